The molecule has 3 heterocycles. The highest BCUT2D eigenvalue weighted by atomic mass is 19.1. The minimum absolute atomic E-state index is 0.0187. The summed E-state index contributed by atoms with van der Waals surface area (Å²) in [5.74, 6) is 1.13. The van der Waals surface area contributed by atoms with Gasteiger partial charge in [0.2, 0.25) is 0 Å². The summed E-state index contributed by atoms with van der Waals surface area (Å²) in [4.78, 5) is 15.0. The van der Waals surface area contributed by atoms with E-state index in [9.17, 15) is 0 Å². The first kappa shape index (κ1) is 25.3. The van der Waals surface area contributed by atoms with E-state index in [0.717, 1.165) is 33.7 Å². The summed E-state index contributed by atoms with van der Waals surface area (Å²) < 4.78 is 15.3. The monoisotopic (exact) mass is 484 g/mol. The van der Waals surface area contributed by atoms with Gasteiger partial charge in [-0.3, -0.25) is 4.99 Å². The first-order valence-electron chi connectivity index (χ1n) is 12.0. The Morgan fingerprint density at radius 2 is 2.14 bits per heavy atom. The van der Waals surface area contributed by atoms with Gasteiger partial charge in [0.15, 0.2) is 0 Å². The molecule has 0 fully saturated rings. The van der Waals surface area contributed by atoms with Crippen molar-refractivity contribution < 1.29 is 4.39 Å². The van der Waals surface area contributed by atoms with Crippen molar-refractivity contribution >= 4 is 23.4 Å². The van der Waals surface area contributed by atoms with Crippen molar-refractivity contribution in [1.82, 2.24) is 15.3 Å². The molecule has 3 N–H and O–H groups in total. The number of halogens is 1. The number of nitrogen functional groups attached to an aromatic ring is 1. The molecular formula is C29H33FN6. The molecule has 36 heavy (non-hydrogen) atoms. The standard InChI is InChI=1S/C29H33FN6/c1-6-8-20(7-2)19(4)24-16-32-14-18(3)27(24)33-15-22-10-9-21(13-25(22)30)23-11-12-36(5)29-26(23)28(31)34-17-35-29/h6-11,13-14,16-17,19,24,27,33H,1-2,12,15H2,3-5H3,(H2,31,34,35)/b20-8+. The number of allylic oxidation sites excluding steroid dienone is 4. The van der Waals surface area contributed by atoms with Crippen molar-refractivity contribution in [2.24, 2.45) is 16.8 Å². The lowest BCUT2D eigenvalue weighted by Crippen LogP contribution is -2.42. The molecule has 3 atom stereocenters. The van der Waals surface area contributed by atoms with Crippen molar-refractivity contribution in [2.75, 3.05) is 24.2 Å². The van der Waals surface area contributed by atoms with E-state index in [-0.39, 0.29) is 23.7 Å². The minimum atomic E-state index is -0.272. The van der Waals surface area contributed by atoms with Crippen LogP contribution in [0.15, 0.2) is 84.3 Å². The van der Waals surface area contributed by atoms with Crippen LogP contribution in [0.3, 0.4) is 0 Å². The Kier molecular flexibility index (Phi) is 7.60. The van der Waals surface area contributed by atoms with Gasteiger partial charge in [0, 0.05) is 50.1 Å². The van der Waals surface area contributed by atoms with Crippen LogP contribution in [-0.2, 0) is 6.54 Å². The Morgan fingerprint density at radius 3 is 2.86 bits per heavy atom. The van der Waals surface area contributed by atoms with E-state index in [4.69, 9.17) is 5.73 Å². The molecule has 0 bridgehead atoms. The highest BCUT2D eigenvalue weighted by molar-refractivity contribution is 5.91. The summed E-state index contributed by atoms with van der Waals surface area (Å²) in [5.41, 5.74) is 11.3. The van der Waals surface area contributed by atoms with Crippen LogP contribution in [0.5, 0.6) is 0 Å². The van der Waals surface area contributed by atoms with Gasteiger partial charge in [-0.2, -0.15) is 0 Å². The van der Waals surface area contributed by atoms with Crippen molar-refractivity contribution in [3.8, 4) is 0 Å². The average Bonchev–Trinajstić information content (AvgIpc) is 2.87. The third kappa shape index (κ3) is 4.93. The van der Waals surface area contributed by atoms with Gasteiger partial charge in [0.05, 0.1) is 5.56 Å². The first-order chi connectivity index (χ1) is 17.3. The Balaban J connectivity index is 1.55. The summed E-state index contributed by atoms with van der Waals surface area (Å²) in [7, 11) is 1.94. The number of hydrogen-bond donors (Lipinski definition) is 2. The number of likely N-dealkylation sites (N-methyl/N-ethyl adjacent to an activating group) is 1. The minimum Gasteiger partial charge on any atom is -0.383 e. The smallest absolute Gasteiger partial charge is 0.142 e. The van der Waals surface area contributed by atoms with E-state index < -0.39 is 0 Å². The van der Waals surface area contributed by atoms with Gasteiger partial charge in [-0.25, -0.2) is 14.4 Å². The topological polar surface area (TPSA) is 79.4 Å². The van der Waals surface area contributed by atoms with Crippen molar-refractivity contribution in [2.45, 2.75) is 26.4 Å². The molecule has 3 unspecified atom stereocenters. The summed E-state index contributed by atoms with van der Waals surface area (Å²) >= 11 is 0. The Bertz CT molecular complexity index is 1290. The van der Waals surface area contributed by atoms with Crippen LogP contribution < -0.4 is 16.0 Å². The molecule has 1 aromatic heterocycles. The van der Waals surface area contributed by atoms with E-state index in [1.807, 2.05) is 54.7 Å². The Hall–Kier alpha value is -3.84. The highest BCUT2D eigenvalue weighted by Gasteiger charge is 2.30. The van der Waals surface area contributed by atoms with Gasteiger partial charge in [-0.05, 0) is 41.2 Å². The lowest BCUT2D eigenvalue weighted by molar-refractivity contribution is 0.399. The Labute approximate surface area is 212 Å². The van der Waals surface area contributed by atoms with Crippen molar-refractivity contribution in [3.05, 3.63) is 102 Å². The third-order valence-corrected chi connectivity index (χ3v) is 6.99. The van der Waals surface area contributed by atoms with Crippen LogP contribution in [0.2, 0.25) is 0 Å². The number of rotatable bonds is 8. The number of fused-ring (bicyclic) bond motifs is 1. The maximum atomic E-state index is 15.3. The molecule has 0 radical (unpaired) electrons. The SMILES string of the molecule is C=C/C=C(\C=C)C(C)C1C=NC=C(C)C1NCc1ccc(C2=CCN(C)c3ncnc(N)c32)cc1F. The van der Waals surface area contributed by atoms with E-state index in [0.29, 0.717) is 24.5 Å². The highest BCUT2D eigenvalue weighted by Crippen LogP contribution is 2.36. The largest absolute Gasteiger partial charge is 0.383 e. The molecule has 2 aromatic rings. The molecule has 1 aromatic carbocycles. The van der Waals surface area contributed by atoms with Crippen LogP contribution in [0, 0.1) is 17.7 Å². The lowest BCUT2D eigenvalue weighted by Gasteiger charge is -2.33. The zero-order valence-corrected chi connectivity index (χ0v) is 21.1. The van der Waals surface area contributed by atoms with Crippen LogP contribution in [0.25, 0.3) is 5.57 Å². The number of aliphatic imine (C=N–C) groups is 1. The second kappa shape index (κ2) is 10.8. The molecule has 6 nitrogen and oxygen atoms in total. The van der Waals surface area contributed by atoms with Gasteiger partial charge >= 0.3 is 0 Å². The van der Waals surface area contributed by atoms with Crippen LogP contribution in [0.1, 0.15) is 30.5 Å². The second-order valence-corrected chi connectivity index (χ2v) is 9.26. The van der Waals surface area contributed by atoms with Crippen LogP contribution in [-0.4, -0.2) is 35.8 Å². The van der Waals surface area contributed by atoms with E-state index in [1.54, 1.807) is 12.1 Å². The number of anilines is 2. The fourth-order valence-corrected chi connectivity index (χ4v) is 4.90. The first-order valence-corrected chi connectivity index (χ1v) is 12.0. The third-order valence-electron chi connectivity index (χ3n) is 6.99. The molecule has 7 heteroatoms. The summed E-state index contributed by atoms with van der Waals surface area (Å²) in [6.45, 7) is 13.0. The summed E-state index contributed by atoms with van der Waals surface area (Å²) in [6, 6.07) is 5.35. The second-order valence-electron chi connectivity index (χ2n) is 9.26. The van der Waals surface area contributed by atoms with Gasteiger partial charge in [0.1, 0.15) is 23.8 Å². The number of nitrogens with one attached hydrogen (secondary N) is 1. The molecule has 4 rings (SSSR count). The quantitative estimate of drug-likeness (QED) is 0.511. The molecule has 186 valence electrons. The Morgan fingerprint density at radius 1 is 1.33 bits per heavy atom. The summed E-state index contributed by atoms with van der Waals surface area (Å²) in [6.07, 6.45) is 12.9. The maximum absolute atomic E-state index is 15.3. The predicted molar refractivity (Wildman–Crippen MR) is 147 cm³/mol. The molecule has 0 saturated heterocycles. The van der Waals surface area contributed by atoms with E-state index >= 15 is 4.39 Å². The number of nitrogens with zero attached hydrogens (tertiary/aromatic N) is 4. The van der Waals surface area contributed by atoms with Crippen molar-refractivity contribution in [1.29, 1.82) is 0 Å². The van der Waals surface area contributed by atoms with Gasteiger partial charge in [-0.1, -0.05) is 56.5 Å². The molecule has 2 aliphatic rings. The molecule has 0 spiro atoms. The van der Waals surface area contributed by atoms with Gasteiger partial charge in [0.25, 0.3) is 0 Å². The number of nitrogens with two attached hydrogens (primary N) is 1. The maximum Gasteiger partial charge on any atom is 0.142 e. The molecule has 0 amide bonds. The zero-order chi connectivity index (χ0) is 25.8. The molecule has 2 aliphatic heterocycles. The fourth-order valence-electron chi connectivity index (χ4n) is 4.90. The number of benzene rings is 1. The van der Waals surface area contributed by atoms with E-state index in [1.165, 1.54) is 6.33 Å². The predicted octanol–water partition coefficient (Wildman–Crippen LogP) is 5.08. The normalized spacial score (nSPS) is 20.3. The van der Waals surface area contributed by atoms with E-state index in [2.05, 4.69) is 47.3 Å². The molecular weight excluding hydrogens is 451 g/mol. The van der Waals surface area contributed by atoms with Crippen LogP contribution >= 0.6 is 0 Å². The molecule has 0 aliphatic carbocycles. The number of aromatic nitrogens is 2. The summed E-state index contributed by atoms with van der Waals surface area (Å²) in [5, 5.41) is 3.56. The number of hydrogen-bond acceptors (Lipinski definition) is 6. The van der Waals surface area contributed by atoms with Crippen molar-refractivity contribution in [3.63, 3.8) is 0 Å². The lowest BCUT2D eigenvalue weighted by atomic mass is 9.79. The zero-order valence-electron chi connectivity index (χ0n) is 21.1. The average molecular weight is 485 g/mol. The van der Waals surface area contributed by atoms with Crippen LogP contribution in [0.4, 0.5) is 16.0 Å². The van der Waals surface area contributed by atoms with Gasteiger partial charge in [-0.15, -0.1) is 0 Å². The fraction of sp³-hybridized carbons (Fsp3) is 0.276. The van der Waals surface area contributed by atoms with Gasteiger partial charge < -0.3 is 16.0 Å². The molecule has 0 saturated carbocycles.